The summed E-state index contributed by atoms with van der Waals surface area (Å²) in [4.78, 5) is 18.2. The van der Waals surface area contributed by atoms with Crippen molar-refractivity contribution in [2.24, 2.45) is 10.9 Å². The van der Waals surface area contributed by atoms with Crippen LogP contribution in [0.15, 0.2) is 29.3 Å². The molecule has 1 aromatic carbocycles. The van der Waals surface area contributed by atoms with E-state index in [0.29, 0.717) is 17.9 Å². The number of hydrogen-bond acceptors (Lipinski definition) is 4. The van der Waals surface area contributed by atoms with Crippen molar-refractivity contribution in [1.29, 1.82) is 0 Å². The molecule has 0 bridgehead atoms. The highest BCUT2D eigenvalue weighted by atomic mass is 16.5. The van der Waals surface area contributed by atoms with Crippen molar-refractivity contribution in [1.82, 2.24) is 15.5 Å². The number of amides is 1. The Morgan fingerprint density at radius 2 is 1.97 bits per heavy atom. The van der Waals surface area contributed by atoms with Crippen LogP contribution in [-0.4, -0.2) is 69.8 Å². The summed E-state index contributed by atoms with van der Waals surface area (Å²) >= 11 is 0. The third kappa shape index (κ3) is 8.40. The van der Waals surface area contributed by atoms with Crippen LogP contribution in [-0.2, 0) is 16.0 Å². The molecule has 174 valence electrons. The van der Waals surface area contributed by atoms with Gasteiger partial charge in [-0.2, -0.15) is 0 Å². The van der Waals surface area contributed by atoms with Gasteiger partial charge in [-0.15, -0.1) is 0 Å². The highest BCUT2D eigenvalue weighted by Crippen LogP contribution is 2.25. The molecule has 2 N–H and O–H groups in total. The Balaban J connectivity index is 1.96. The van der Waals surface area contributed by atoms with Gasteiger partial charge in [0, 0.05) is 33.3 Å². The Morgan fingerprint density at radius 1 is 1.26 bits per heavy atom. The van der Waals surface area contributed by atoms with Crippen molar-refractivity contribution in [3.63, 3.8) is 0 Å². The molecular weight excluding hydrogens is 392 g/mol. The predicted octanol–water partition coefficient (Wildman–Crippen LogP) is 2.84. The summed E-state index contributed by atoms with van der Waals surface area (Å²) in [5, 5.41) is 6.96. The summed E-state index contributed by atoms with van der Waals surface area (Å²) in [5.41, 5.74) is 1.22. The minimum Gasteiger partial charge on any atom is -0.497 e. The predicted molar refractivity (Wildman–Crippen MR) is 126 cm³/mol. The number of likely N-dealkylation sites (N-methyl/N-ethyl adjacent to an activating group) is 1. The van der Waals surface area contributed by atoms with E-state index < -0.39 is 0 Å². The van der Waals surface area contributed by atoms with Crippen LogP contribution in [0.4, 0.5) is 0 Å². The first-order valence-electron chi connectivity index (χ1n) is 11.5. The average Bonchev–Trinajstić information content (AvgIpc) is 2.78. The van der Waals surface area contributed by atoms with Crippen molar-refractivity contribution >= 4 is 11.9 Å². The fraction of sp³-hybridized carbons (Fsp3) is 0.667. The highest BCUT2D eigenvalue weighted by molar-refractivity contribution is 5.84. The Hall–Kier alpha value is -2.28. The van der Waals surface area contributed by atoms with Gasteiger partial charge in [0.2, 0.25) is 5.91 Å². The lowest BCUT2D eigenvalue weighted by molar-refractivity contribution is -0.127. The molecular formula is C24H40N4O3. The average molecular weight is 433 g/mol. The monoisotopic (exact) mass is 432 g/mol. The number of nitrogens with one attached hydrogen (secondary N) is 2. The number of rotatable bonds is 10. The molecule has 2 unspecified atom stereocenters. The Bertz CT molecular complexity index is 687. The molecule has 1 aliphatic rings. The SMILES string of the molecule is CCC(CC)C1CC(NC(=NCC(=O)N(C)C)NCCc2ccc(OC)cc2)CCO1. The lowest BCUT2D eigenvalue weighted by Crippen LogP contribution is -2.49. The second kappa shape index (κ2) is 13.2. The molecule has 0 saturated carbocycles. The largest absolute Gasteiger partial charge is 0.497 e. The van der Waals surface area contributed by atoms with Crippen molar-refractivity contribution in [3.8, 4) is 5.75 Å². The molecule has 1 amide bonds. The van der Waals surface area contributed by atoms with Gasteiger partial charge in [0.15, 0.2) is 5.96 Å². The quantitative estimate of drug-likeness (QED) is 0.439. The van der Waals surface area contributed by atoms with E-state index >= 15 is 0 Å². The van der Waals surface area contributed by atoms with Gasteiger partial charge in [0.25, 0.3) is 0 Å². The lowest BCUT2D eigenvalue weighted by Gasteiger charge is -2.35. The molecule has 0 aromatic heterocycles. The van der Waals surface area contributed by atoms with Gasteiger partial charge in [-0.1, -0.05) is 38.8 Å². The van der Waals surface area contributed by atoms with E-state index in [1.54, 1.807) is 26.1 Å². The minimum atomic E-state index is -0.0156. The molecule has 2 rings (SSSR count). The number of guanidine groups is 1. The van der Waals surface area contributed by atoms with E-state index in [-0.39, 0.29) is 18.6 Å². The summed E-state index contributed by atoms with van der Waals surface area (Å²) in [6.45, 7) is 6.08. The van der Waals surface area contributed by atoms with E-state index in [9.17, 15) is 4.79 Å². The second-order valence-electron chi connectivity index (χ2n) is 8.33. The van der Waals surface area contributed by atoms with Crippen LogP contribution in [0.1, 0.15) is 45.1 Å². The summed E-state index contributed by atoms with van der Waals surface area (Å²) < 4.78 is 11.3. The molecule has 1 saturated heterocycles. The van der Waals surface area contributed by atoms with Crippen molar-refractivity contribution in [2.75, 3.05) is 40.9 Å². The van der Waals surface area contributed by atoms with Crippen LogP contribution < -0.4 is 15.4 Å². The maximum absolute atomic E-state index is 12.0. The van der Waals surface area contributed by atoms with Gasteiger partial charge < -0.3 is 25.0 Å². The van der Waals surface area contributed by atoms with Gasteiger partial charge in [0.05, 0.1) is 13.2 Å². The number of aliphatic imine (C=N–C) groups is 1. The summed E-state index contributed by atoms with van der Waals surface area (Å²) in [6.07, 6.45) is 5.31. The number of carbonyl (C=O) groups is 1. The number of carbonyl (C=O) groups excluding carboxylic acids is 1. The second-order valence-corrected chi connectivity index (χ2v) is 8.33. The minimum absolute atomic E-state index is 0.0156. The van der Waals surface area contributed by atoms with Crippen molar-refractivity contribution < 1.29 is 14.3 Å². The van der Waals surface area contributed by atoms with Crippen LogP contribution in [0, 0.1) is 5.92 Å². The van der Waals surface area contributed by atoms with Crippen LogP contribution in [0.3, 0.4) is 0 Å². The summed E-state index contributed by atoms with van der Waals surface area (Å²) in [7, 11) is 5.17. The van der Waals surface area contributed by atoms with Gasteiger partial charge in [0.1, 0.15) is 12.3 Å². The molecule has 7 heteroatoms. The number of nitrogens with zero attached hydrogens (tertiary/aromatic N) is 2. The standard InChI is InChI=1S/C24H40N4O3/c1-6-19(7-2)22-16-20(13-15-31-22)27-24(26-17-23(29)28(3)4)25-14-12-18-8-10-21(30-5)11-9-18/h8-11,19-20,22H,6-7,12-17H2,1-5H3,(H2,25,26,27). The topological polar surface area (TPSA) is 75.2 Å². The normalized spacial score (nSPS) is 19.2. The third-order valence-corrected chi connectivity index (χ3v) is 5.97. The first-order chi connectivity index (χ1) is 15.0. The summed E-state index contributed by atoms with van der Waals surface area (Å²) in [6, 6.07) is 8.37. The molecule has 1 heterocycles. The molecule has 1 fully saturated rings. The molecule has 0 spiro atoms. The van der Waals surface area contributed by atoms with Crippen LogP contribution >= 0.6 is 0 Å². The lowest BCUT2D eigenvalue weighted by atomic mass is 9.89. The van der Waals surface area contributed by atoms with E-state index in [2.05, 4.69) is 41.6 Å². The smallest absolute Gasteiger partial charge is 0.243 e. The van der Waals surface area contributed by atoms with Crippen LogP contribution in [0.25, 0.3) is 0 Å². The van der Waals surface area contributed by atoms with Gasteiger partial charge in [-0.05, 0) is 42.9 Å². The zero-order chi connectivity index (χ0) is 22.6. The number of ether oxygens (including phenoxy) is 2. The van der Waals surface area contributed by atoms with E-state index in [1.165, 1.54) is 5.56 Å². The number of hydrogen-bond donors (Lipinski definition) is 2. The van der Waals surface area contributed by atoms with Gasteiger partial charge in [-0.25, -0.2) is 4.99 Å². The van der Waals surface area contributed by atoms with E-state index in [0.717, 1.165) is 51.0 Å². The molecule has 31 heavy (non-hydrogen) atoms. The molecule has 1 aromatic rings. The van der Waals surface area contributed by atoms with Crippen molar-refractivity contribution in [3.05, 3.63) is 29.8 Å². The number of benzene rings is 1. The molecule has 0 aliphatic carbocycles. The van der Waals surface area contributed by atoms with Crippen molar-refractivity contribution in [2.45, 2.75) is 58.1 Å². The highest BCUT2D eigenvalue weighted by Gasteiger charge is 2.28. The Morgan fingerprint density at radius 3 is 2.58 bits per heavy atom. The molecule has 1 aliphatic heterocycles. The first kappa shape index (κ1) is 25.0. The van der Waals surface area contributed by atoms with E-state index in [1.807, 2.05) is 12.1 Å². The van der Waals surface area contributed by atoms with Crippen LogP contribution in [0.2, 0.25) is 0 Å². The molecule has 0 radical (unpaired) electrons. The molecule has 7 nitrogen and oxygen atoms in total. The number of methoxy groups -OCH3 is 1. The Labute approximate surface area is 187 Å². The third-order valence-electron chi connectivity index (χ3n) is 5.97. The fourth-order valence-electron chi connectivity index (χ4n) is 3.85. The van der Waals surface area contributed by atoms with Gasteiger partial charge in [-0.3, -0.25) is 4.79 Å². The maximum Gasteiger partial charge on any atom is 0.243 e. The molecule has 2 atom stereocenters. The Kier molecular flexibility index (Phi) is 10.6. The van der Waals surface area contributed by atoms with Crippen LogP contribution in [0.5, 0.6) is 5.75 Å². The zero-order valence-corrected chi connectivity index (χ0v) is 19.8. The summed E-state index contributed by atoms with van der Waals surface area (Å²) in [5.74, 6) is 2.12. The maximum atomic E-state index is 12.0. The van der Waals surface area contributed by atoms with Gasteiger partial charge >= 0.3 is 0 Å². The first-order valence-corrected chi connectivity index (χ1v) is 11.5. The fourth-order valence-corrected chi connectivity index (χ4v) is 3.85. The van der Waals surface area contributed by atoms with E-state index in [4.69, 9.17) is 9.47 Å². The zero-order valence-electron chi connectivity index (χ0n) is 19.8.